The lowest BCUT2D eigenvalue weighted by atomic mass is 10.1. The summed E-state index contributed by atoms with van der Waals surface area (Å²) in [6, 6.07) is 2.41. The first-order valence-electron chi connectivity index (χ1n) is 6.20. The van der Waals surface area contributed by atoms with Gasteiger partial charge in [0, 0.05) is 36.7 Å². The Bertz CT molecular complexity index is 442. The molecule has 2 heterocycles. The van der Waals surface area contributed by atoms with Crippen molar-refractivity contribution in [3.8, 4) is 0 Å². The first kappa shape index (κ1) is 13.3. The Morgan fingerprint density at radius 1 is 1.50 bits per heavy atom. The molecule has 0 aliphatic carbocycles. The van der Waals surface area contributed by atoms with Crippen molar-refractivity contribution in [1.29, 1.82) is 0 Å². The van der Waals surface area contributed by atoms with Gasteiger partial charge in [-0.1, -0.05) is 15.9 Å². The molecule has 5 heteroatoms. The van der Waals surface area contributed by atoms with Crippen LogP contribution in [0.3, 0.4) is 0 Å². The highest BCUT2D eigenvalue weighted by atomic mass is 79.9. The van der Waals surface area contributed by atoms with E-state index in [4.69, 9.17) is 0 Å². The minimum Gasteiger partial charge on any atom is -0.367 e. The molecule has 18 heavy (non-hydrogen) atoms. The number of carbonyl (C=O) groups excluding carboxylic acids is 1. The second kappa shape index (κ2) is 5.69. The van der Waals surface area contributed by atoms with E-state index in [2.05, 4.69) is 26.2 Å². The van der Waals surface area contributed by atoms with Crippen LogP contribution in [0.1, 0.15) is 25.3 Å². The Hall–Kier alpha value is -1.10. The zero-order valence-corrected chi connectivity index (χ0v) is 12.3. The highest BCUT2D eigenvalue weighted by molar-refractivity contribution is 9.10. The molecule has 4 nitrogen and oxygen atoms in total. The van der Waals surface area contributed by atoms with Gasteiger partial charge in [0.15, 0.2) is 0 Å². The molecule has 98 valence electrons. The van der Waals surface area contributed by atoms with Crippen LogP contribution in [-0.4, -0.2) is 34.9 Å². The van der Waals surface area contributed by atoms with Gasteiger partial charge in [-0.05, 0) is 31.4 Å². The molecule has 1 aliphatic rings. The second-order valence-corrected chi connectivity index (χ2v) is 5.60. The van der Waals surface area contributed by atoms with Gasteiger partial charge in [-0.15, -0.1) is 0 Å². The molecule has 0 spiro atoms. The van der Waals surface area contributed by atoms with Gasteiger partial charge in [0.25, 0.3) is 0 Å². The van der Waals surface area contributed by atoms with Crippen molar-refractivity contribution in [3.05, 3.63) is 22.3 Å². The maximum atomic E-state index is 11.2. The van der Waals surface area contributed by atoms with Crippen LogP contribution in [0.25, 0.3) is 0 Å². The standard InChI is InChI=1S/C13H18BrN3O/c1-9-8-15-13(7-12(9)14)16-11-3-5-17(6-4-11)10(2)18/h7-8,11H,3-6H2,1-2H3,(H,15,16). The van der Waals surface area contributed by atoms with Gasteiger partial charge in [0.1, 0.15) is 5.82 Å². The number of aromatic nitrogens is 1. The van der Waals surface area contributed by atoms with E-state index in [0.29, 0.717) is 6.04 Å². The van der Waals surface area contributed by atoms with Gasteiger partial charge in [-0.3, -0.25) is 4.79 Å². The van der Waals surface area contributed by atoms with E-state index in [1.54, 1.807) is 6.92 Å². The zero-order valence-electron chi connectivity index (χ0n) is 10.7. The van der Waals surface area contributed by atoms with Gasteiger partial charge >= 0.3 is 0 Å². The summed E-state index contributed by atoms with van der Waals surface area (Å²) in [5, 5.41) is 3.43. The fourth-order valence-corrected chi connectivity index (χ4v) is 2.45. The van der Waals surface area contributed by atoms with Crippen molar-refractivity contribution < 1.29 is 4.79 Å². The van der Waals surface area contributed by atoms with Crippen molar-refractivity contribution in [1.82, 2.24) is 9.88 Å². The number of hydrogen-bond acceptors (Lipinski definition) is 3. The van der Waals surface area contributed by atoms with E-state index in [-0.39, 0.29) is 5.91 Å². The van der Waals surface area contributed by atoms with Crippen LogP contribution in [0.15, 0.2) is 16.7 Å². The van der Waals surface area contributed by atoms with Crippen molar-refractivity contribution in [3.63, 3.8) is 0 Å². The average Bonchev–Trinajstić information content (AvgIpc) is 2.34. The molecule has 0 unspecified atom stereocenters. The highest BCUT2D eigenvalue weighted by Crippen LogP contribution is 2.20. The third-order valence-electron chi connectivity index (χ3n) is 3.33. The van der Waals surface area contributed by atoms with E-state index in [1.807, 2.05) is 24.1 Å². The topological polar surface area (TPSA) is 45.2 Å². The van der Waals surface area contributed by atoms with Gasteiger partial charge in [-0.2, -0.15) is 0 Å². The lowest BCUT2D eigenvalue weighted by Gasteiger charge is -2.32. The van der Waals surface area contributed by atoms with Crippen LogP contribution in [-0.2, 0) is 4.79 Å². The molecule has 0 aromatic carbocycles. The Labute approximate surface area is 116 Å². The Kier molecular flexibility index (Phi) is 4.22. The predicted octanol–water partition coefficient (Wildman–Crippen LogP) is 2.58. The van der Waals surface area contributed by atoms with Crippen molar-refractivity contribution in [2.75, 3.05) is 18.4 Å². The average molecular weight is 312 g/mol. The first-order chi connectivity index (χ1) is 8.56. The molecule has 2 rings (SSSR count). The van der Waals surface area contributed by atoms with E-state index < -0.39 is 0 Å². The smallest absolute Gasteiger partial charge is 0.219 e. The summed E-state index contributed by atoms with van der Waals surface area (Å²) in [5.41, 5.74) is 1.13. The molecule has 0 radical (unpaired) electrons. The lowest BCUT2D eigenvalue weighted by Crippen LogP contribution is -2.41. The van der Waals surface area contributed by atoms with Crippen LogP contribution in [0.5, 0.6) is 0 Å². The Morgan fingerprint density at radius 2 is 2.17 bits per heavy atom. The molecule has 1 fully saturated rings. The van der Waals surface area contributed by atoms with Crippen LogP contribution in [0.4, 0.5) is 5.82 Å². The fourth-order valence-electron chi connectivity index (χ4n) is 2.13. The van der Waals surface area contributed by atoms with Gasteiger partial charge in [-0.25, -0.2) is 4.98 Å². The van der Waals surface area contributed by atoms with Crippen molar-refractivity contribution in [2.24, 2.45) is 0 Å². The summed E-state index contributed by atoms with van der Waals surface area (Å²) in [6.07, 6.45) is 3.82. The zero-order chi connectivity index (χ0) is 13.1. The van der Waals surface area contributed by atoms with Crippen molar-refractivity contribution >= 4 is 27.7 Å². The third-order valence-corrected chi connectivity index (χ3v) is 4.18. The molecule has 1 N–H and O–H groups in total. The number of nitrogens with zero attached hydrogens (tertiary/aromatic N) is 2. The number of nitrogens with one attached hydrogen (secondary N) is 1. The summed E-state index contributed by atoms with van der Waals surface area (Å²) in [7, 11) is 0. The van der Waals surface area contributed by atoms with Crippen LogP contribution in [0, 0.1) is 6.92 Å². The number of piperidine rings is 1. The molecule has 0 bridgehead atoms. The summed E-state index contributed by atoms with van der Waals surface area (Å²) >= 11 is 3.51. The minimum atomic E-state index is 0.171. The molecule has 0 saturated carbocycles. The normalized spacial score (nSPS) is 16.7. The number of anilines is 1. The first-order valence-corrected chi connectivity index (χ1v) is 7.00. The number of pyridine rings is 1. The van der Waals surface area contributed by atoms with Gasteiger partial charge in [0.2, 0.25) is 5.91 Å². The van der Waals surface area contributed by atoms with Gasteiger partial charge < -0.3 is 10.2 Å². The second-order valence-electron chi connectivity index (χ2n) is 4.74. The summed E-state index contributed by atoms with van der Waals surface area (Å²) in [6.45, 7) is 5.32. The van der Waals surface area contributed by atoms with E-state index >= 15 is 0 Å². The maximum absolute atomic E-state index is 11.2. The fraction of sp³-hybridized carbons (Fsp3) is 0.538. The highest BCUT2D eigenvalue weighted by Gasteiger charge is 2.20. The molecular weight excluding hydrogens is 294 g/mol. The number of halogens is 1. The van der Waals surface area contributed by atoms with Crippen molar-refractivity contribution in [2.45, 2.75) is 32.7 Å². The number of likely N-dealkylation sites (tertiary alicyclic amines) is 1. The number of rotatable bonds is 2. The number of carbonyl (C=O) groups is 1. The predicted molar refractivity (Wildman–Crippen MR) is 75.6 cm³/mol. The summed E-state index contributed by atoms with van der Waals surface area (Å²) in [4.78, 5) is 17.5. The molecule has 1 amide bonds. The SMILES string of the molecule is CC(=O)N1CCC(Nc2cc(Br)c(C)cn2)CC1. The van der Waals surface area contributed by atoms with E-state index in [1.165, 1.54) is 0 Å². The number of aryl methyl sites for hydroxylation is 1. The molecule has 1 aliphatic heterocycles. The number of amides is 1. The third kappa shape index (κ3) is 3.22. The quantitative estimate of drug-likeness (QED) is 0.913. The largest absolute Gasteiger partial charge is 0.367 e. The number of hydrogen-bond donors (Lipinski definition) is 1. The van der Waals surface area contributed by atoms with Crippen LogP contribution in [0.2, 0.25) is 0 Å². The van der Waals surface area contributed by atoms with Crippen LogP contribution < -0.4 is 5.32 Å². The Morgan fingerprint density at radius 3 is 2.72 bits per heavy atom. The lowest BCUT2D eigenvalue weighted by molar-refractivity contribution is -0.129. The molecule has 1 aromatic heterocycles. The van der Waals surface area contributed by atoms with E-state index in [9.17, 15) is 4.79 Å². The van der Waals surface area contributed by atoms with Crippen LogP contribution >= 0.6 is 15.9 Å². The molecule has 0 atom stereocenters. The Balaban J connectivity index is 1.91. The van der Waals surface area contributed by atoms with E-state index in [0.717, 1.165) is 41.8 Å². The molecule has 1 saturated heterocycles. The molecule has 1 aromatic rings. The summed E-state index contributed by atoms with van der Waals surface area (Å²) in [5.74, 6) is 1.07. The molecular formula is C13H18BrN3O. The minimum absolute atomic E-state index is 0.171. The van der Waals surface area contributed by atoms with Gasteiger partial charge in [0.05, 0.1) is 0 Å². The monoisotopic (exact) mass is 311 g/mol. The summed E-state index contributed by atoms with van der Waals surface area (Å²) < 4.78 is 1.07. The maximum Gasteiger partial charge on any atom is 0.219 e.